The first-order valence-electron chi connectivity index (χ1n) is 5.41. The summed E-state index contributed by atoms with van der Waals surface area (Å²) in [5.41, 5.74) is 0. The molecule has 0 spiro atoms. The highest BCUT2D eigenvalue weighted by Gasteiger charge is 2.06. The Balaban J connectivity index is 3.40. The molecule has 0 fully saturated rings. The Morgan fingerprint density at radius 3 is 2.23 bits per heavy atom. The minimum absolute atomic E-state index is 0.333. The van der Waals surface area contributed by atoms with Crippen molar-refractivity contribution in [1.82, 2.24) is 5.32 Å². The molecule has 2 heteroatoms. The first kappa shape index (κ1) is 12.9. The molecule has 2 unspecified atom stereocenters. The highest BCUT2D eigenvalue weighted by atomic mass is 16.5. The van der Waals surface area contributed by atoms with Crippen LogP contribution in [0.15, 0.2) is 0 Å². The fraction of sp³-hybridized carbons (Fsp3) is 1.00. The lowest BCUT2D eigenvalue weighted by Gasteiger charge is -2.19. The molecule has 0 rings (SSSR count). The van der Waals surface area contributed by atoms with E-state index in [1.807, 2.05) is 6.92 Å². The predicted octanol–water partition coefficient (Wildman–Crippen LogP) is 2.44. The van der Waals surface area contributed by atoms with E-state index < -0.39 is 0 Å². The molecule has 0 aliphatic heterocycles. The Morgan fingerprint density at radius 2 is 1.77 bits per heavy atom. The van der Waals surface area contributed by atoms with E-state index in [4.69, 9.17) is 4.74 Å². The number of rotatable bonds is 7. The third-order valence-corrected chi connectivity index (χ3v) is 2.03. The van der Waals surface area contributed by atoms with Crippen LogP contribution in [0.5, 0.6) is 0 Å². The number of nitrogens with one attached hydrogen (secondary N) is 1. The lowest BCUT2D eigenvalue weighted by Crippen LogP contribution is -2.34. The van der Waals surface area contributed by atoms with E-state index in [9.17, 15) is 0 Å². The summed E-state index contributed by atoms with van der Waals surface area (Å²) in [7, 11) is 0. The Hall–Kier alpha value is -0.0800. The van der Waals surface area contributed by atoms with Crippen LogP contribution < -0.4 is 5.32 Å². The zero-order valence-electron chi connectivity index (χ0n) is 9.76. The van der Waals surface area contributed by atoms with Gasteiger partial charge in [0.05, 0.1) is 6.10 Å². The molecule has 0 radical (unpaired) electrons. The average Bonchev–Trinajstić information content (AvgIpc) is 2.00. The molecular formula is C11H25NO. The summed E-state index contributed by atoms with van der Waals surface area (Å²) in [5.74, 6) is 0.768. The molecular weight excluding hydrogens is 162 g/mol. The van der Waals surface area contributed by atoms with Crippen molar-refractivity contribution < 1.29 is 4.74 Å². The van der Waals surface area contributed by atoms with Crippen LogP contribution in [-0.4, -0.2) is 25.3 Å². The summed E-state index contributed by atoms with van der Waals surface area (Å²) < 4.78 is 5.43. The second kappa shape index (κ2) is 7.34. The molecule has 0 heterocycles. The third-order valence-electron chi connectivity index (χ3n) is 2.03. The van der Waals surface area contributed by atoms with Crippen molar-refractivity contribution in [2.75, 3.05) is 13.2 Å². The van der Waals surface area contributed by atoms with Gasteiger partial charge in [0.25, 0.3) is 0 Å². The summed E-state index contributed by atoms with van der Waals surface area (Å²) in [6, 6.07) is 0.600. The van der Waals surface area contributed by atoms with Crippen LogP contribution in [-0.2, 0) is 4.74 Å². The standard InChI is InChI=1S/C11H25NO/c1-6-13-11(5)8-12-10(4)7-9(2)3/h9-12H,6-8H2,1-5H3. The first-order valence-corrected chi connectivity index (χ1v) is 5.41. The monoisotopic (exact) mass is 187 g/mol. The Labute approximate surface area is 83.1 Å². The predicted molar refractivity (Wildman–Crippen MR) is 58.0 cm³/mol. The van der Waals surface area contributed by atoms with Crippen molar-refractivity contribution >= 4 is 0 Å². The summed E-state index contributed by atoms with van der Waals surface area (Å²) >= 11 is 0. The second-order valence-electron chi connectivity index (χ2n) is 4.20. The van der Waals surface area contributed by atoms with Crippen LogP contribution in [0, 0.1) is 5.92 Å². The summed E-state index contributed by atoms with van der Waals surface area (Å²) in [6.45, 7) is 12.7. The molecule has 0 bridgehead atoms. The van der Waals surface area contributed by atoms with E-state index in [2.05, 4.69) is 33.0 Å². The van der Waals surface area contributed by atoms with E-state index in [1.165, 1.54) is 6.42 Å². The van der Waals surface area contributed by atoms with Crippen LogP contribution in [0.4, 0.5) is 0 Å². The van der Waals surface area contributed by atoms with E-state index in [0.29, 0.717) is 12.1 Å². The molecule has 0 saturated heterocycles. The molecule has 0 aromatic heterocycles. The topological polar surface area (TPSA) is 21.3 Å². The zero-order chi connectivity index (χ0) is 10.3. The van der Waals surface area contributed by atoms with Gasteiger partial charge in [0.15, 0.2) is 0 Å². The Bertz CT molecular complexity index is 115. The van der Waals surface area contributed by atoms with Gasteiger partial charge in [-0.25, -0.2) is 0 Å². The van der Waals surface area contributed by atoms with E-state index in [-0.39, 0.29) is 0 Å². The van der Waals surface area contributed by atoms with Gasteiger partial charge in [-0.2, -0.15) is 0 Å². The molecule has 80 valence electrons. The highest BCUT2D eigenvalue weighted by molar-refractivity contribution is 4.65. The van der Waals surface area contributed by atoms with Gasteiger partial charge in [-0.1, -0.05) is 13.8 Å². The van der Waals surface area contributed by atoms with Crippen molar-refractivity contribution in [3.05, 3.63) is 0 Å². The van der Waals surface area contributed by atoms with Gasteiger partial charge in [-0.05, 0) is 33.1 Å². The minimum Gasteiger partial charge on any atom is -0.377 e. The van der Waals surface area contributed by atoms with Gasteiger partial charge < -0.3 is 10.1 Å². The summed E-state index contributed by atoms with van der Waals surface area (Å²) in [6.07, 6.45) is 1.57. The van der Waals surface area contributed by atoms with Gasteiger partial charge in [0, 0.05) is 19.2 Å². The fourth-order valence-corrected chi connectivity index (χ4v) is 1.50. The van der Waals surface area contributed by atoms with Crippen LogP contribution in [0.3, 0.4) is 0 Å². The molecule has 0 aromatic rings. The molecule has 0 saturated carbocycles. The summed E-state index contributed by atoms with van der Waals surface area (Å²) in [5, 5.41) is 3.47. The van der Waals surface area contributed by atoms with Gasteiger partial charge in [0.1, 0.15) is 0 Å². The van der Waals surface area contributed by atoms with Gasteiger partial charge in [0.2, 0.25) is 0 Å². The van der Waals surface area contributed by atoms with Crippen molar-refractivity contribution in [1.29, 1.82) is 0 Å². The smallest absolute Gasteiger partial charge is 0.0671 e. The molecule has 1 N–H and O–H groups in total. The van der Waals surface area contributed by atoms with Gasteiger partial charge in [-0.15, -0.1) is 0 Å². The normalized spacial score (nSPS) is 16.2. The molecule has 13 heavy (non-hydrogen) atoms. The van der Waals surface area contributed by atoms with E-state index >= 15 is 0 Å². The SMILES string of the molecule is CCOC(C)CNC(C)CC(C)C. The lowest BCUT2D eigenvalue weighted by molar-refractivity contribution is 0.0738. The van der Waals surface area contributed by atoms with Crippen molar-refractivity contribution in [3.8, 4) is 0 Å². The molecule has 0 aliphatic carbocycles. The van der Waals surface area contributed by atoms with Crippen molar-refractivity contribution in [2.45, 2.75) is 53.2 Å². The van der Waals surface area contributed by atoms with Gasteiger partial charge in [-0.3, -0.25) is 0 Å². The van der Waals surface area contributed by atoms with E-state index in [0.717, 1.165) is 19.1 Å². The van der Waals surface area contributed by atoms with Gasteiger partial charge >= 0.3 is 0 Å². The quantitative estimate of drug-likeness (QED) is 0.661. The van der Waals surface area contributed by atoms with Crippen molar-refractivity contribution in [2.24, 2.45) is 5.92 Å². The minimum atomic E-state index is 0.333. The van der Waals surface area contributed by atoms with Crippen LogP contribution in [0.2, 0.25) is 0 Å². The molecule has 2 atom stereocenters. The zero-order valence-corrected chi connectivity index (χ0v) is 9.76. The second-order valence-corrected chi connectivity index (χ2v) is 4.20. The maximum atomic E-state index is 5.43. The average molecular weight is 187 g/mol. The summed E-state index contributed by atoms with van der Waals surface area (Å²) in [4.78, 5) is 0. The largest absolute Gasteiger partial charge is 0.377 e. The number of ether oxygens (including phenoxy) is 1. The molecule has 2 nitrogen and oxygen atoms in total. The maximum Gasteiger partial charge on any atom is 0.0671 e. The first-order chi connectivity index (χ1) is 6.06. The Kier molecular flexibility index (Phi) is 7.29. The third kappa shape index (κ3) is 8.26. The lowest BCUT2D eigenvalue weighted by atomic mass is 10.1. The highest BCUT2D eigenvalue weighted by Crippen LogP contribution is 2.03. The van der Waals surface area contributed by atoms with Crippen molar-refractivity contribution in [3.63, 3.8) is 0 Å². The van der Waals surface area contributed by atoms with Crippen LogP contribution in [0.1, 0.15) is 41.0 Å². The number of hydrogen-bond donors (Lipinski definition) is 1. The fourth-order valence-electron chi connectivity index (χ4n) is 1.50. The molecule has 0 amide bonds. The molecule has 0 aromatic carbocycles. The maximum absolute atomic E-state index is 5.43. The van der Waals surface area contributed by atoms with Crippen LogP contribution in [0.25, 0.3) is 0 Å². The number of hydrogen-bond acceptors (Lipinski definition) is 2. The van der Waals surface area contributed by atoms with E-state index in [1.54, 1.807) is 0 Å². The Morgan fingerprint density at radius 1 is 1.15 bits per heavy atom. The molecule has 0 aliphatic rings. The van der Waals surface area contributed by atoms with Crippen LogP contribution >= 0.6 is 0 Å².